The third kappa shape index (κ3) is 5.90. The molecule has 0 saturated heterocycles. The molecule has 0 N–H and O–H groups in total. The van der Waals surface area contributed by atoms with Crippen molar-refractivity contribution in [3.05, 3.63) is 234 Å². The maximum Gasteiger partial charge on any atom is 0.164 e. The second kappa shape index (κ2) is 14.2. The van der Waals surface area contributed by atoms with Crippen molar-refractivity contribution in [2.45, 2.75) is 5.41 Å². The number of nitriles is 1. The lowest BCUT2D eigenvalue weighted by Gasteiger charge is -2.34. The summed E-state index contributed by atoms with van der Waals surface area (Å²) < 4.78 is 0. The molecule has 1 aliphatic carbocycles. The fourth-order valence-electron chi connectivity index (χ4n) is 8.41. The highest BCUT2D eigenvalue weighted by atomic mass is 15.0. The SMILES string of the molecule is N#Cc1cccc(-c2cccc(C3(c4cccc(-c5ccc(-c6nc(-c7ccccc7)nc(-c7ccccc7)n6)cc5)c4)c4ccccc4-c4ccccc43)c2)c1. The predicted molar refractivity (Wildman–Crippen MR) is 229 cm³/mol. The van der Waals surface area contributed by atoms with Gasteiger partial charge in [0.25, 0.3) is 0 Å². The van der Waals surface area contributed by atoms with Gasteiger partial charge in [0.1, 0.15) is 0 Å². The van der Waals surface area contributed by atoms with Gasteiger partial charge in [-0.15, -0.1) is 0 Å². The topological polar surface area (TPSA) is 62.5 Å². The number of hydrogen-bond donors (Lipinski definition) is 0. The maximum absolute atomic E-state index is 9.69. The van der Waals surface area contributed by atoms with Crippen molar-refractivity contribution in [1.82, 2.24) is 15.0 Å². The zero-order chi connectivity index (χ0) is 38.2. The number of aromatic nitrogens is 3. The van der Waals surface area contributed by atoms with E-state index >= 15 is 0 Å². The molecule has 0 fully saturated rings. The Hall–Kier alpha value is -7.74. The number of rotatable bonds is 7. The van der Waals surface area contributed by atoms with Gasteiger partial charge in [-0.3, -0.25) is 0 Å². The van der Waals surface area contributed by atoms with E-state index in [0.717, 1.165) is 38.9 Å². The molecule has 0 atom stereocenters. The molecule has 4 nitrogen and oxygen atoms in total. The van der Waals surface area contributed by atoms with Gasteiger partial charge < -0.3 is 0 Å². The van der Waals surface area contributed by atoms with Crippen LogP contribution in [-0.4, -0.2) is 15.0 Å². The molecule has 0 unspecified atom stereocenters. The highest BCUT2D eigenvalue weighted by Gasteiger charge is 2.46. The molecule has 1 heterocycles. The van der Waals surface area contributed by atoms with Crippen LogP contribution in [0.5, 0.6) is 0 Å². The van der Waals surface area contributed by atoms with Crippen LogP contribution < -0.4 is 0 Å². The summed E-state index contributed by atoms with van der Waals surface area (Å²) in [6.07, 6.45) is 0. The van der Waals surface area contributed by atoms with E-state index in [1.165, 1.54) is 33.4 Å². The summed E-state index contributed by atoms with van der Waals surface area (Å²) in [5.74, 6) is 1.90. The van der Waals surface area contributed by atoms with Gasteiger partial charge in [-0.1, -0.05) is 182 Å². The molecule has 9 aromatic rings. The molecule has 0 bridgehead atoms. The molecule has 10 rings (SSSR count). The Labute approximate surface area is 332 Å². The van der Waals surface area contributed by atoms with E-state index in [1.807, 2.05) is 78.9 Å². The molecular formula is C53H34N4. The van der Waals surface area contributed by atoms with Gasteiger partial charge in [0.15, 0.2) is 17.5 Å². The van der Waals surface area contributed by atoms with Crippen molar-refractivity contribution < 1.29 is 0 Å². The van der Waals surface area contributed by atoms with E-state index in [-0.39, 0.29) is 0 Å². The van der Waals surface area contributed by atoms with Crippen molar-refractivity contribution in [3.8, 4) is 73.6 Å². The summed E-state index contributed by atoms with van der Waals surface area (Å²) in [4.78, 5) is 14.8. The van der Waals surface area contributed by atoms with E-state index in [4.69, 9.17) is 15.0 Å². The van der Waals surface area contributed by atoms with Crippen LogP contribution in [0.15, 0.2) is 206 Å². The van der Waals surface area contributed by atoms with Gasteiger partial charge in [-0.2, -0.15) is 5.26 Å². The minimum atomic E-state index is -0.585. The van der Waals surface area contributed by atoms with Crippen LogP contribution in [0.2, 0.25) is 0 Å². The first kappa shape index (κ1) is 33.8. The average molecular weight is 727 g/mol. The van der Waals surface area contributed by atoms with Crippen molar-refractivity contribution in [2.75, 3.05) is 0 Å². The van der Waals surface area contributed by atoms with Gasteiger partial charge in [-0.25, -0.2) is 15.0 Å². The first-order valence-electron chi connectivity index (χ1n) is 19.1. The summed E-state index contributed by atoms with van der Waals surface area (Å²) in [6, 6.07) is 74.2. The van der Waals surface area contributed by atoms with Gasteiger partial charge in [-0.05, 0) is 79.9 Å². The van der Waals surface area contributed by atoms with Gasteiger partial charge in [0, 0.05) is 16.7 Å². The molecule has 0 amide bonds. The Bertz CT molecular complexity index is 2860. The Morgan fingerprint density at radius 1 is 0.333 bits per heavy atom. The van der Waals surface area contributed by atoms with Crippen molar-refractivity contribution in [1.29, 1.82) is 5.26 Å². The molecule has 1 aliphatic rings. The summed E-state index contributed by atoms with van der Waals surface area (Å²) in [6.45, 7) is 0. The lowest BCUT2D eigenvalue weighted by molar-refractivity contribution is 0.769. The van der Waals surface area contributed by atoms with Crippen LogP contribution in [0, 0.1) is 11.3 Å². The molecule has 0 saturated carbocycles. The normalized spacial score (nSPS) is 12.3. The zero-order valence-electron chi connectivity index (χ0n) is 30.9. The number of benzene rings is 8. The first-order chi connectivity index (χ1) is 28.2. The van der Waals surface area contributed by atoms with E-state index in [2.05, 4.69) is 133 Å². The molecule has 57 heavy (non-hydrogen) atoms. The third-order valence-corrected chi connectivity index (χ3v) is 11.0. The quantitative estimate of drug-likeness (QED) is 0.164. The van der Waals surface area contributed by atoms with Crippen LogP contribution in [0.1, 0.15) is 27.8 Å². The smallest absolute Gasteiger partial charge is 0.164 e. The van der Waals surface area contributed by atoms with Gasteiger partial charge >= 0.3 is 0 Å². The molecule has 0 radical (unpaired) electrons. The molecule has 4 heteroatoms. The highest BCUT2D eigenvalue weighted by molar-refractivity contribution is 5.87. The molecule has 0 spiro atoms. The number of fused-ring (bicyclic) bond motifs is 3. The van der Waals surface area contributed by atoms with E-state index in [1.54, 1.807) is 0 Å². The lowest BCUT2D eigenvalue weighted by Crippen LogP contribution is -2.28. The monoisotopic (exact) mass is 726 g/mol. The Balaban J connectivity index is 1.10. The van der Waals surface area contributed by atoms with Crippen molar-refractivity contribution in [2.24, 2.45) is 0 Å². The molecule has 1 aromatic heterocycles. The predicted octanol–water partition coefficient (Wildman–Crippen LogP) is 12.4. The van der Waals surface area contributed by atoms with Gasteiger partial charge in [0.2, 0.25) is 0 Å². The average Bonchev–Trinajstić information content (AvgIpc) is 3.61. The Kier molecular flexibility index (Phi) is 8.39. The molecular weight excluding hydrogens is 693 g/mol. The molecule has 266 valence electrons. The standard InChI is InChI=1S/C53H34N4/c54-35-36-14-11-19-41(32-36)43-21-13-23-45(34-43)53(48-26-9-7-24-46(48)47-25-8-10-27-49(47)53)44-22-12-20-42(33-44)37-28-30-40(31-29-37)52-56-50(38-15-3-1-4-16-38)55-51(57-52)39-17-5-2-6-18-39/h1-34H. The van der Waals surface area contributed by atoms with Crippen LogP contribution in [0.4, 0.5) is 0 Å². The van der Waals surface area contributed by atoms with Crippen LogP contribution >= 0.6 is 0 Å². The zero-order valence-corrected chi connectivity index (χ0v) is 30.9. The summed E-state index contributed by atoms with van der Waals surface area (Å²) in [5.41, 5.74) is 14.5. The van der Waals surface area contributed by atoms with Crippen LogP contribution in [-0.2, 0) is 5.41 Å². The van der Waals surface area contributed by atoms with Crippen LogP contribution in [0.3, 0.4) is 0 Å². The van der Waals surface area contributed by atoms with Gasteiger partial charge in [0.05, 0.1) is 17.0 Å². The second-order valence-corrected chi connectivity index (χ2v) is 14.3. The van der Waals surface area contributed by atoms with E-state index in [0.29, 0.717) is 23.0 Å². The van der Waals surface area contributed by atoms with Crippen LogP contribution in [0.25, 0.3) is 67.5 Å². The van der Waals surface area contributed by atoms with E-state index in [9.17, 15) is 5.26 Å². The lowest BCUT2D eigenvalue weighted by atomic mass is 9.67. The Morgan fingerprint density at radius 3 is 1.23 bits per heavy atom. The first-order valence-corrected chi connectivity index (χ1v) is 19.1. The fraction of sp³-hybridized carbons (Fsp3) is 0.0189. The fourth-order valence-corrected chi connectivity index (χ4v) is 8.41. The van der Waals surface area contributed by atoms with Crippen molar-refractivity contribution >= 4 is 0 Å². The van der Waals surface area contributed by atoms with E-state index < -0.39 is 5.41 Å². The number of nitrogens with zero attached hydrogens (tertiary/aromatic N) is 4. The largest absolute Gasteiger partial charge is 0.208 e. The minimum Gasteiger partial charge on any atom is -0.208 e. The maximum atomic E-state index is 9.69. The number of hydrogen-bond acceptors (Lipinski definition) is 4. The molecule has 0 aliphatic heterocycles. The second-order valence-electron chi connectivity index (χ2n) is 14.3. The van der Waals surface area contributed by atoms with Crippen molar-refractivity contribution in [3.63, 3.8) is 0 Å². The molecule has 8 aromatic carbocycles. The minimum absolute atomic E-state index is 0.585. The summed E-state index contributed by atoms with van der Waals surface area (Å²) >= 11 is 0. The highest BCUT2D eigenvalue weighted by Crippen LogP contribution is 2.56. The Morgan fingerprint density at radius 2 is 0.719 bits per heavy atom. The summed E-state index contributed by atoms with van der Waals surface area (Å²) in [7, 11) is 0. The third-order valence-electron chi connectivity index (χ3n) is 11.0. The summed E-state index contributed by atoms with van der Waals surface area (Å²) in [5, 5.41) is 9.69.